The second kappa shape index (κ2) is 4.28. The fourth-order valence-corrected chi connectivity index (χ4v) is 2.02. The van der Waals surface area contributed by atoms with Crippen LogP contribution >= 0.6 is 0 Å². The number of hydrogen-bond acceptors (Lipinski definition) is 3. The first-order valence-electron chi connectivity index (χ1n) is 5.47. The predicted octanol–water partition coefficient (Wildman–Crippen LogP) is -0.501. The van der Waals surface area contributed by atoms with Gasteiger partial charge in [0.15, 0.2) is 0 Å². The van der Waals surface area contributed by atoms with Crippen LogP contribution in [-0.2, 0) is 4.79 Å². The predicted molar refractivity (Wildman–Crippen MR) is 54.8 cm³/mol. The van der Waals surface area contributed by atoms with Crippen molar-refractivity contribution in [2.75, 3.05) is 39.3 Å². The summed E-state index contributed by atoms with van der Waals surface area (Å²) in [7, 11) is 0. The number of carbonyl (C=O) groups is 1. The number of amides is 1. The number of piperazine rings is 1. The van der Waals surface area contributed by atoms with Crippen LogP contribution in [0.3, 0.4) is 0 Å². The van der Waals surface area contributed by atoms with Crippen LogP contribution in [0.2, 0.25) is 0 Å². The molecule has 1 saturated heterocycles. The topological polar surface area (TPSA) is 49.6 Å². The summed E-state index contributed by atoms with van der Waals surface area (Å²) in [6, 6.07) is 0. The molecule has 1 aliphatic heterocycles. The van der Waals surface area contributed by atoms with Crippen molar-refractivity contribution in [2.24, 2.45) is 11.7 Å². The Kier molecular flexibility index (Phi) is 3.03. The van der Waals surface area contributed by atoms with Crippen molar-refractivity contribution in [1.82, 2.24) is 9.80 Å². The molecule has 80 valence electrons. The smallest absolute Gasteiger partial charge is 0.231 e. The molecule has 2 N–H and O–H groups in total. The van der Waals surface area contributed by atoms with Gasteiger partial charge in [0.25, 0.3) is 0 Å². The minimum Gasteiger partial charge on any atom is -0.369 e. The van der Waals surface area contributed by atoms with Crippen molar-refractivity contribution in [2.45, 2.75) is 12.8 Å². The first-order valence-corrected chi connectivity index (χ1v) is 5.47. The first kappa shape index (κ1) is 9.93. The van der Waals surface area contributed by atoms with Gasteiger partial charge in [0.1, 0.15) is 0 Å². The Labute approximate surface area is 85.0 Å². The molecule has 0 radical (unpaired) electrons. The lowest BCUT2D eigenvalue weighted by molar-refractivity contribution is -0.119. The molecule has 1 saturated carbocycles. The van der Waals surface area contributed by atoms with Gasteiger partial charge in [0.05, 0.1) is 6.54 Å². The summed E-state index contributed by atoms with van der Waals surface area (Å²) in [6.07, 6.45) is 2.84. The van der Waals surface area contributed by atoms with Gasteiger partial charge in [-0.2, -0.15) is 0 Å². The van der Waals surface area contributed by atoms with Crippen LogP contribution in [0.15, 0.2) is 0 Å². The average Bonchev–Trinajstić information content (AvgIpc) is 2.91. The Hall–Kier alpha value is -0.610. The van der Waals surface area contributed by atoms with Crippen LogP contribution in [0.1, 0.15) is 12.8 Å². The number of hydrogen-bond donors (Lipinski definition) is 1. The summed E-state index contributed by atoms with van der Waals surface area (Å²) in [4.78, 5) is 15.4. The van der Waals surface area contributed by atoms with Crippen molar-refractivity contribution in [3.8, 4) is 0 Å². The summed E-state index contributed by atoms with van der Waals surface area (Å²) in [5.41, 5.74) is 5.15. The molecule has 2 rings (SSSR count). The van der Waals surface area contributed by atoms with Gasteiger partial charge >= 0.3 is 0 Å². The molecule has 0 aromatic rings. The quantitative estimate of drug-likeness (QED) is 0.661. The van der Waals surface area contributed by atoms with Gasteiger partial charge in [-0.15, -0.1) is 0 Å². The molecule has 2 fully saturated rings. The highest BCUT2D eigenvalue weighted by atomic mass is 16.1. The fraction of sp³-hybridized carbons (Fsp3) is 0.900. The first-order chi connectivity index (χ1) is 6.74. The molecular weight excluding hydrogens is 178 g/mol. The standard InChI is InChI=1S/C10H19N3O/c11-10(14)8-13-5-3-12(4-6-13)7-9-1-2-9/h9H,1-8H2,(H2,11,14). The summed E-state index contributed by atoms with van der Waals surface area (Å²) >= 11 is 0. The molecule has 1 aliphatic carbocycles. The Bertz CT molecular complexity index is 207. The van der Waals surface area contributed by atoms with Crippen molar-refractivity contribution in [3.63, 3.8) is 0 Å². The van der Waals surface area contributed by atoms with Crippen LogP contribution in [0.25, 0.3) is 0 Å². The Morgan fingerprint density at radius 3 is 2.21 bits per heavy atom. The maximum absolute atomic E-state index is 10.7. The maximum Gasteiger partial charge on any atom is 0.231 e. The van der Waals surface area contributed by atoms with E-state index in [0.29, 0.717) is 6.54 Å². The third-order valence-corrected chi connectivity index (χ3v) is 3.06. The normalized spacial score (nSPS) is 25.1. The number of rotatable bonds is 4. The number of nitrogens with zero attached hydrogens (tertiary/aromatic N) is 2. The van der Waals surface area contributed by atoms with E-state index in [1.54, 1.807) is 0 Å². The number of primary amides is 1. The van der Waals surface area contributed by atoms with E-state index in [-0.39, 0.29) is 5.91 Å². The number of nitrogens with two attached hydrogens (primary N) is 1. The molecule has 0 unspecified atom stereocenters. The highest BCUT2D eigenvalue weighted by Gasteiger charge is 2.26. The van der Waals surface area contributed by atoms with Crippen molar-refractivity contribution >= 4 is 5.91 Å². The highest BCUT2D eigenvalue weighted by Crippen LogP contribution is 2.29. The lowest BCUT2D eigenvalue weighted by Crippen LogP contribution is -2.49. The van der Waals surface area contributed by atoms with Gasteiger partial charge in [-0.05, 0) is 18.8 Å². The van der Waals surface area contributed by atoms with Crippen molar-refractivity contribution < 1.29 is 4.79 Å². The van der Waals surface area contributed by atoms with Gasteiger partial charge in [-0.25, -0.2) is 0 Å². The molecule has 4 heteroatoms. The van der Waals surface area contributed by atoms with Crippen molar-refractivity contribution in [1.29, 1.82) is 0 Å². The summed E-state index contributed by atoms with van der Waals surface area (Å²) < 4.78 is 0. The van der Waals surface area contributed by atoms with E-state index < -0.39 is 0 Å². The molecule has 4 nitrogen and oxygen atoms in total. The molecule has 1 heterocycles. The molecule has 14 heavy (non-hydrogen) atoms. The summed E-state index contributed by atoms with van der Waals surface area (Å²) in [6.45, 7) is 5.89. The Morgan fingerprint density at radius 1 is 1.14 bits per heavy atom. The molecular formula is C10H19N3O. The van der Waals surface area contributed by atoms with E-state index in [9.17, 15) is 4.79 Å². The van der Waals surface area contributed by atoms with Crippen LogP contribution in [0, 0.1) is 5.92 Å². The van der Waals surface area contributed by atoms with E-state index in [1.165, 1.54) is 19.4 Å². The molecule has 0 aromatic heterocycles. The SMILES string of the molecule is NC(=O)CN1CCN(CC2CC2)CC1. The second-order valence-electron chi connectivity index (χ2n) is 4.49. The van der Waals surface area contributed by atoms with E-state index in [4.69, 9.17) is 5.73 Å². The molecule has 0 atom stereocenters. The molecule has 0 spiro atoms. The minimum atomic E-state index is -0.208. The van der Waals surface area contributed by atoms with Gasteiger partial charge < -0.3 is 10.6 Å². The zero-order valence-electron chi connectivity index (χ0n) is 8.61. The molecule has 0 bridgehead atoms. The van der Waals surface area contributed by atoms with Gasteiger partial charge in [-0.1, -0.05) is 0 Å². The van der Waals surface area contributed by atoms with E-state index >= 15 is 0 Å². The highest BCUT2D eigenvalue weighted by molar-refractivity contribution is 5.75. The van der Waals surface area contributed by atoms with Crippen molar-refractivity contribution in [3.05, 3.63) is 0 Å². The third-order valence-electron chi connectivity index (χ3n) is 3.06. The zero-order valence-corrected chi connectivity index (χ0v) is 8.61. The average molecular weight is 197 g/mol. The molecule has 2 aliphatic rings. The van der Waals surface area contributed by atoms with Crippen LogP contribution in [0.5, 0.6) is 0 Å². The maximum atomic E-state index is 10.7. The zero-order chi connectivity index (χ0) is 9.97. The number of carbonyl (C=O) groups excluding carboxylic acids is 1. The third kappa shape index (κ3) is 2.96. The molecule has 0 aromatic carbocycles. The largest absolute Gasteiger partial charge is 0.369 e. The van der Waals surface area contributed by atoms with Crippen LogP contribution in [0.4, 0.5) is 0 Å². The van der Waals surface area contributed by atoms with Crippen LogP contribution in [-0.4, -0.2) is 55.0 Å². The monoisotopic (exact) mass is 197 g/mol. The van der Waals surface area contributed by atoms with Gasteiger partial charge in [0, 0.05) is 32.7 Å². The van der Waals surface area contributed by atoms with Crippen LogP contribution < -0.4 is 5.73 Å². The fourth-order valence-electron chi connectivity index (χ4n) is 2.02. The second-order valence-corrected chi connectivity index (χ2v) is 4.49. The summed E-state index contributed by atoms with van der Waals surface area (Å²) in [5, 5.41) is 0. The molecule has 1 amide bonds. The Morgan fingerprint density at radius 2 is 1.71 bits per heavy atom. The Balaban J connectivity index is 1.66. The van der Waals surface area contributed by atoms with Gasteiger partial charge in [0.2, 0.25) is 5.91 Å². The lowest BCUT2D eigenvalue weighted by atomic mass is 10.3. The lowest BCUT2D eigenvalue weighted by Gasteiger charge is -2.33. The van der Waals surface area contributed by atoms with E-state index in [1.807, 2.05) is 0 Å². The summed E-state index contributed by atoms with van der Waals surface area (Å²) in [5.74, 6) is 0.762. The van der Waals surface area contributed by atoms with E-state index in [0.717, 1.165) is 32.1 Å². The van der Waals surface area contributed by atoms with Gasteiger partial charge in [-0.3, -0.25) is 9.69 Å². The van der Waals surface area contributed by atoms with E-state index in [2.05, 4.69) is 9.80 Å². The minimum absolute atomic E-state index is 0.208.